The second-order valence-corrected chi connectivity index (χ2v) is 8.65. The van der Waals surface area contributed by atoms with Gasteiger partial charge in [0.1, 0.15) is 0 Å². The molecule has 0 bridgehead atoms. The van der Waals surface area contributed by atoms with Gasteiger partial charge >= 0.3 is 16.1 Å². The molecule has 0 spiro atoms. The van der Waals surface area contributed by atoms with Crippen molar-refractivity contribution in [1.82, 2.24) is 10.2 Å². The molecule has 0 aliphatic carbocycles. The van der Waals surface area contributed by atoms with Gasteiger partial charge in [0.2, 0.25) is 0 Å². The summed E-state index contributed by atoms with van der Waals surface area (Å²) in [6.45, 7) is 10.3. The molecule has 0 atom stereocenters. The second-order valence-electron chi connectivity index (χ2n) is 6.79. The number of amides is 2. The van der Waals surface area contributed by atoms with E-state index >= 15 is 0 Å². The standard InChI is InChI=1S/C18H30N2O5S/c1-7-26(22,23)25-17-10-15(8-9-16(17)24-6)12-20(11-13(2)3)18(21)19-14(4)5/h8-10,13-14H,7,11-12H2,1-6H3,(H,19,21). The molecule has 1 N–H and O–H groups in total. The number of nitrogens with zero attached hydrogens (tertiary/aromatic N) is 1. The number of benzene rings is 1. The van der Waals surface area contributed by atoms with E-state index in [2.05, 4.69) is 5.32 Å². The van der Waals surface area contributed by atoms with Crippen LogP contribution in [-0.2, 0) is 16.7 Å². The summed E-state index contributed by atoms with van der Waals surface area (Å²) in [4.78, 5) is 14.1. The Hall–Kier alpha value is -1.96. The molecule has 2 amide bonds. The van der Waals surface area contributed by atoms with Crippen LogP contribution in [0.3, 0.4) is 0 Å². The highest BCUT2D eigenvalue weighted by molar-refractivity contribution is 7.87. The summed E-state index contributed by atoms with van der Waals surface area (Å²) >= 11 is 0. The number of carbonyl (C=O) groups is 1. The summed E-state index contributed by atoms with van der Waals surface area (Å²) in [5, 5.41) is 2.89. The fraction of sp³-hybridized carbons (Fsp3) is 0.611. The van der Waals surface area contributed by atoms with Crippen LogP contribution in [0.15, 0.2) is 18.2 Å². The van der Waals surface area contributed by atoms with Gasteiger partial charge in [0.15, 0.2) is 11.5 Å². The maximum absolute atomic E-state index is 12.4. The first kappa shape index (κ1) is 22.1. The third-order valence-electron chi connectivity index (χ3n) is 3.46. The number of carbonyl (C=O) groups excluding carboxylic acids is 1. The highest BCUT2D eigenvalue weighted by Gasteiger charge is 2.19. The van der Waals surface area contributed by atoms with Crippen LogP contribution in [0.25, 0.3) is 0 Å². The third kappa shape index (κ3) is 7.11. The first-order chi connectivity index (χ1) is 12.1. The zero-order valence-electron chi connectivity index (χ0n) is 16.4. The predicted molar refractivity (Wildman–Crippen MR) is 102 cm³/mol. The second kappa shape index (κ2) is 9.66. The van der Waals surface area contributed by atoms with Crippen molar-refractivity contribution >= 4 is 16.1 Å². The summed E-state index contributed by atoms with van der Waals surface area (Å²) in [5.41, 5.74) is 0.756. The van der Waals surface area contributed by atoms with E-state index < -0.39 is 10.1 Å². The Balaban J connectivity index is 3.09. The molecule has 1 aromatic carbocycles. The lowest BCUT2D eigenvalue weighted by Crippen LogP contribution is -2.44. The lowest BCUT2D eigenvalue weighted by atomic mass is 10.1. The average molecular weight is 387 g/mol. The Kier molecular flexibility index (Phi) is 8.20. The molecule has 1 aromatic rings. The van der Waals surface area contributed by atoms with E-state index in [-0.39, 0.29) is 23.6 Å². The minimum atomic E-state index is -3.67. The van der Waals surface area contributed by atoms with Gasteiger partial charge in [0.25, 0.3) is 0 Å². The monoisotopic (exact) mass is 386 g/mol. The summed E-state index contributed by atoms with van der Waals surface area (Å²) in [6.07, 6.45) is 0. The molecule has 0 aromatic heterocycles. The van der Waals surface area contributed by atoms with Crippen molar-refractivity contribution in [2.75, 3.05) is 19.4 Å². The van der Waals surface area contributed by atoms with Crippen molar-refractivity contribution in [3.63, 3.8) is 0 Å². The largest absolute Gasteiger partial charge is 0.493 e. The van der Waals surface area contributed by atoms with Crippen molar-refractivity contribution in [2.24, 2.45) is 5.92 Å². The Labute approximate surface area is 156 Å². The van der Waals surface area contributed by atoms with Crippen LogP contribution < -0.4 is 14.2 Å². The Morgan fingerprint density at radius 2 is 1.85 bits per heavy atom. The van der Waals surface area contributed by atoms with Gasteiger partial charge < -0.3 is 19.1 Å². The average Bonchev–Trinajstić information content (AvgIpc) is 2.53. The van der Waals surface area contributed by atoms with Crippen LogP contribution in [0.2, 0.25) is 0 Å². The quantitative estimate of drug-likeness (QED) is 0.660. The Bertz CT molecular complexity index is 702. The molecule has 8 heteroatoms. The van der Waals surface area contributed by atoms with Gasteiger partial charge in [-0.2, -0.15) is 8.42 Å². The molecule has 0 radical (unpaired) electrons. The highest BCUT2D eigenvalue weighted by Crippen LogP contribution is 2.30. The van der Waals surface area contributed by atoms with Crippen LogP contribution in [0, 0.1) is 5.92 Å². The first-order valence-corrected chi connectivity index (χ1v) is 10.3. The molecule has 26 heavy (non-hydrogen) atoms. The van der Waals surface area contributed by atoms with Gasteiger partial charge in [-0.05, 0) is 44.4 Å². The van der Waals surface area contributed by atoms with Crippen molar-refractivity contribution in [2.45, 2.75) is 47.2 Å². The van der Waals surface area contributed by atoms with Crippen molar-refractivity contribution in [3.05, 3.63) is 23.8 Å². The number of hydrogen-bond acceptors (Lipinski definition) is 5. The molecule has 1 rings (SSSR count). The smallest absolute Gasteiger partial charge is 0.317 e. The summed E-state index contributed by atoms with van der Waals surface area (Å²) in [6, 6.07) is 4.90. The van der Waals surface area contributed by atoms with Crippen molar-refractivity contribution in [1.29, 1.82) is 0 Å². The lowest BCUT2D eigenvalue weighted by molar-refractivity contribution is 0.185. The predicted octanol–water partition coefficient (Wildman–Crippen LogP) is 3.00. The zero-order chi connectivity index (χ0) is 19.9. The zero-order valence-corrected chi connectivity index (χ0v) is 17.2. The fourth-order valence-corrected chi connectivity index (χ4v) is 2.82. The molecule has 0 aliphatic rings. The van der Waals surface area contributed by atoms with Gasteiger partial charge in [-0.3, -0.25) is 0 Å². The number of urea groups is 1. The normalized spacial score (nSPS) is 11.5. The van der Waals surface area contributed by atoms with Crippen LogP contribution >= 0.6 is 0 Å². The number of hydrogen-bond donors (Lipinski definition) is 1. The fourth-order valence-electron chi connectivity index (χ4n) is 2.30. The molecule has 0 aliphatic heterocycles. The molecular formula is C18H30N2O5S. The maximum atomic E-state index is 12.4. The minimum absolute atomic E-state index is 0.0293. The lowest BCUT2D eigenvalue weighted by Gasteiger charge is -2.26. The van der Waals surface area contributed by atoms with E-state index in [1.165, 1.54) is 14.0 Å². The molecule has 0 heterocycles. The van der Waals surface area contributed by atoms with Gasteiger partial charge in [-0.25, -0.2) is 4.79 Å². The summed E-state index contributed by atoms with van der Waals surface area (Å²) < 4.78 is 33.9. The third-order valence-corrected chi connectivity index (χ3v) is 4.60. The van der Waals surface area contributed by atoms with Gasteiger partial charge in [-0.1, -0.05) is 19.9 Å². The molecular weight excluding hydrogens is 356 g/mol. The van der Waals surface area contributed by atoms with Crippen LogP contribution in [-0.4, -0.2) is 44.8 Å². The maximum Gasteiger partial charge on any atom is 0.317 e. The minimum Gasteiger partial charge on any atom is -0.493 e. The van der Waals surface area contributed by atoms with Crippen LogP contribution in [0.4, 0.5) is 4.79 Å². The highest BCUT2D eigenvalue weighted by atomic mass is 32.2. The molecule has 0 saturated heterocycles. The van der Waals surface area contributed by atoms with Crippen LogP contribution in [0.5, 0.6) is 11.5 Å². The topological polar surface area (TPSA) is 84.9 Å². The van der Waals surface area contributed by atoms with Gasteiger partial charge in [0, 0.05) is 19.1 Å². The van der Waals surface area contributed by atoms with E-state index in [0.717, 1.165) is 5.56 Å². The van der Waals surface area contributed by atoms with Crippen LogP contribution in [0.1, 0.15) is 40.2 Å². The molecule has 7 nitrogen and oxygen atoms in total. The Morgan fingerprint density at radius 1 is 1.19 bits per heavy atom. The van der Waals surface area contributed by atoms with E-state index in [1.54, 1.807) is 23.1 Å². The van der Waals surface area contributed by atoms with E-state index in [9.17, 15) is 13.2 Å². The van der Waals surface area contributed by atoms with Crippen molar-refractivity contribution < 1.29 is 22.1 Å². The number of methoxy groups -OCH3 is 1. The van der Waals surface area contributed by atoms with Crippen molar-refractivity contribution in [3.8, 4) is 11.5 Å². The van der Waals surface area contributed by atoms with E-state index in [1.807, 2.05) is 27.7 Å². The molecule has 0 saturated carbocycles. The van der Waals surface area contributed by atoms with E-state index in [4.69, 9.17) is 8.92 Å². The van der Waals surface area contributed by atoms with E-state index in [0.29, 0.717) is 24.8 Å². The molecule has 148 valence electrons. The summed E-state index contributed by atoms with van der Waals surface area (Å²) in [7, 11) is -2.23. The first-order valence-electron chi connectivity index (χ1n) is 8.72. The van der Waals surface area contributed by atoms with Gasteiger partial charge in [0.05, 0.1) is 12.9 Å². The van der Waals surface area contributed by atoms with Gasteiger partial charge in [-0.15, -0.1) is 0 Å². The number of nitrogens with one attached hydrogen (secondary N) is 1. The summed E-state index contributed by atoms with van der Waals surface area (Å²) in [5.74, 6) is 0.604. The molecule has 0 fully saturated rings. The SMILES string of the molecule is CCS(=O)(=O)Oc1cc(CN(CC(C)C)C(=O)NC(C)C)ccc1OC. The number of ether oxygens (including phenoxy) is 1. The molecule has 0 unspecified atom stereocenters. The number of rotatable bonds is 9. The Morgan fingerprint density at radius 3 is 2.35 bits per heavy atom.